The van der Waals surface area contributed by atoms with E-state index in [1.807, 2.05) is 12.1 Å². The Morgan fingerprint density at radius 1 is 1.41 bits per heavy atom. The second-order valence-electron chi connectivity index (χ2n) is 4.79. The van der Waals surface area contributed by atoms with E-state index in [4.69, 9.17) is 4.74 Å². The molecule has 0 radical (unpaired) electrons. The fraction of sp³-hybridized carbons (Fsp3) is 0.571. The van der Waals surface area contributed by atoms with E-state index in [9.17, 15) is 5.11 Å². The lowest BCUT2D eigenvalue weighted by atomic mass is 9.92. The third-order valence-corrected chi connectivity index (χ3v) is 3.17. The van der Waals surface area contributed by atoms with Crippen molar-refractivity contribution in [1.82, 2.24) is 5.32 Å². The van der Waals surface area contributed by atoms with Crippen LogP contribution < -0.4 is 5.32 Å². The summed E-state index contributed by atoms with van der Waals surface area (Å²) in [4.78, 5) is 0. The summed E-state index contributed by atoms with van der Waals surface area (Å²) in [5.41, 5.74) is 0.877. The van der Waals surface area contributed by atoms with Gasteiger partial charge in [0, 0.05) is 13.2 Å². The van der Waals surface area contributed by atoms with E-state index in [-0.39, 0.29) is 11.6 Å². The number of phenolic OH excluding ortho intramolecular Hbond substituents is 1. The van der Waals surface area contributed by atoms with Crippen LogP contribution in [0.1, 0.15) is 26.3 Å². The fourth-order valence-corrected chi connectivity index (χ4v) is 1.87. The van der Waals surface area contributed by atoms with Gasteiger partial charge in [-0.15, -0.1) is 0 Å². The Labute approximate surface area is 104 Å². The fourth-order valence-electron chi connectivity index (χ4n) is 1.87. The first-order valence-electron chi connectivity index (χ1n) is 6.06. The zero-order valence-corrected chi connectivity index (χ0v) is 11.2. The zero-order chi connectivity index (χ0) is 12.9. The van der Waals surface area contributed by atoms with Crippen LogP contribution in [0.2, 0.25) is 0 Å². The Morgan fingerprint density at radius 2 is 2.12 bits per heavy atom. The van der Waals surface area contributed by atoms with Crippen molar-refractivity contribution in [3.8, 4) is 5.75 Å². The molecule has 3 nitrogen and oxygen atoms in total. The van der Waals surface area contributed by atoms with Gasteiger partial charge in [0.05, 0.1) is 5.60 Å². The summed E-state index contributed by atoms with van der Waals surface area (Å²) in [7, 11) is 1.73. The number of phenols is 1. The minimum absolute atomic E-state index is 0.222. The summed E-state index contributed by atoms with van der Waals surface area (Å²) in [6.07, 6.45) is 0.836. The maximum absolute atomic E-state index is 9.46. The molecule has 0 bridgehead atoms. The number of hydrogen-bond donors (Lipinski definition) is 2. The molecule has 1 atom stereocenters. The van der Waals surface area contributed by atoms with Crippen molar-refractivity contribution in [3.05, 3.63) is 29.8 Å². The maximum atomic E-state index is 9.46. The minimum Gasteiger partial charge on any atom is -0.508 e. The SMILES string of the molecule is CCNC(Cc1cccc(O)c1)C(C)(C)OC. The second kappa shape index (κ2) is 6.03. The van der Waals surface area contributed by atoms with E-state index in [1.54, 1.807) is 19.2 Å². The summed E-state index contributed by atoms with van der Waals surface area (Å²) in [6.45, 7) is 7.13. The Kier molecular flexibility index (Phi) is 4.97. The van der Waals surface area contributed by atoms with Gasteiger partial charge >= 0.3 is 0 Å². The highest BCUT2D eigenvalue weighted by atomic mass is 16.5. The Bertz CT molecular complexity index is 350. The number of ether oxygens (including phenoxy) is 1. The summed E-state index contributed by atoms with van der Waals surface area (Å²) in [6, 6.07) is 7.60. The molecular weight excluding hydrogens is 214 g/mol. The molecule has 0 aliphatic rings. The number of likely N-dealkylation sites (N-methyl/N-ethyl adjacent to an activating group) is 1. The van der Waals surface area contributed by atoms with Gasteiger partial charge in [0.25, 0.3) is 0 Å². The molecule has 17 heavy (non-hydrogen) atoms. The standard InChI is InChI=1S/C14H23NO2/c1-5-15-13(14(2,3)17-4)10-11-7-6-8-12(16)9-11/h6-9,13,15-16H,5,10H2,1-4H3. The molecule has 0 aliphatic carbocycles. The molecule has 96 valence electrons. The van der Waals surface area contributed by atoms with Crippen molar-refractivity contribution < 1.29 is 9.84 Å². The molecule has 0 spiro atoms. The van der Waals surface area contributed by atoms with E-state index in [0.29, 0.717) is 5.75 Å². The smallest absolute Gasteiger partial charge is 0.115 e. The van der Waals surface area contributed by atoms with Gasteiger partial charge in [-0.05, 0) is 44.5 Å². The van der Waals surface area contributed by atoms with Crippen LogP contribution in [0.3, 0.4) is 0 Å². The molecular formula is C14H23NO2. The van der Waals surface area contributed by atoms with Crippen LogP contribution in [0, 0.1) is 0 Å². The van der Waals surface area contributed by atoms with Gasteiger partial charge in [-0.25, -0.2) is 0 Å². The van der Waals surface area contributed by atoms with Gasteiger partial charge in [-0.2, -0.15) is 0 Å². The van der Waals surface area contributed by atoms with E-state index < -0.39 is 0 Å². The highest BCUT2D eigenvalue weighted by molar-refractivity contribution is 5.28. The van der Waals surface area contributed by atoms with E-state index in [2.05, 4.69) is 26.1 Å². The molecule has 0 fully saturated rings. The highest BCUT2D eigenvalue weighted by Crippen LogP contribution is 2.20. The third-order valence-electron chi connectivity index (χ3n) is 3.17. The Balaban J connectivity index is 2.80. The number of rotatable bonds is 6. The average molecular weight is 237 g/mol. The lowest BCUT2D eigenvalue weighted by Crippen LogP contribution is -2.49. The normalized spacial score (nSPS) is 13.6. The van der Waals surface area contributed by atoms with Crippen molar-refractivity contribution in [2.24, 2.45) is 0 Å². The van der Waals surface area contributed by atoms with Crippen LogP contribution in [0.15, 0.2) is 24.3 Å². The largest absolute Gasteiger partial charge is 0.508 e. The van der Waals surface area contributed by atoms with Crippen molar-refractivity contribution >= 4 is 0 Å². The summed E-state index contributed by atoms with van der Waals surface area (Å²) in [5.74, 6) is 0.313. The van der Waals surface area contributed by atoms with Gasteiger partial charge in [0.2, 0.25) is 0 Å². The molecule has 0 heterocycles. The Morgan fingerprint density at radius 3 is 2.65 bits per heavy atom. The summed E-state index contributed by atoms with van der Waals surface area (Å²) < 4.78 is 5.53. The monoisotopic (exact) mass is 237 g/mol. The average Bonchev–Trinajstić information content (AvgIpc) is 2.28. The highest BCUT2D eigenvalue weighted by Gasteiger charge is 2.28. The van der Waals surface area contributed by atoms with E-state index >= 15 is 0 Å². The summed E-state index contributed by atoms with van der Waals surface area (Å²) in [5, 5.41) is 12.9. The van der Waals surface area contributed by atoms with Gasteiger partial charge in [-0.3, -0.25) is 0 Å². The number of nitrogens with one attached hydrogen (secondary N) is 1. The van der Waals surface area contributed by atoms with Crippen molar-refractivity contribution in [1.29, 1.82) is 0 Å². The molecule has 0 aliphatic heterocycles. The van der Waals surface area contributed by atoms with Crippen LogP contribution in [-0.4, -0.2) is 30.4 Å². The molecule has 1 rings (SSSR count). The van der Waals surface area contributed by atoms with Crippen LogP contribution in [0.5, 0.6) is 5.75 Å². The Hall–Kier alpha value is -1.06. The van der Waals surface area contributed by atoms with Crippen LogP contribution in [-0.2, 0) is 11.2 Å². The van der Waals surface area contributed by atoms with Crippen LogP contribution >= 0.6 is 0 Å². The molecule has 0 saturated heterocycles. The van der Waals surface area contributed by atoms with Crippen molar-refractivity contribution in [2.75, 3.05) is 13.7 Å². The molecule has 2 N–H and O–H groups in total. The van der Waals surface area contributed by atoms with Crippen molar-refractivity contribution in [3.63, 3.8) is 0 Å². The van der Waals surface area contributed by atoms with Crippen LogP contribution in [0.25, 0.3) is 0 Å². The molecule has 3 heteroatoms. The molecule has 1 unspecified atom stereocenters. The second-order valence-corrected chi connectivity index (χ2v) is 4.79. The maximum Gasteiger partial charge on any atom is 0.115 e. The number of hydrogen-bond acceptors (Lipinski definition) is 3. The molecule has 1 aromatic rings. The topological polar surface area (TPSA) is 41.5 Å². The molecule has 1 aromatic carbocycles. The molecule has 0 saturated carbocycles. The predicted molar refractivity (Wildman–Crippen MR) is 70.4 cm³/mol. The summed E-state index contributed by atoms with van der Waals surface area (Å²) >= 11 is 0. The number of aromatic hydroxyl groups is 1. The lowest BCUT2D eigenvalue weighted by Gasteiger charge is -2.34. The number of methoxy groups -OCH3 is 1. The molecule has 0 amide bonds. The first kappa shape index (κ1) is 14.0. The molecule has 0 aromatic heterocycles. The van der Waals surface area contributed by atoms with Gasteiger partial charge in [0.15, 0.2) is 0 Å². The first-order valence-corrected chi connectivity index (χ1v) is 6.06. The van der Waals surface area contributed by atoms with Crippen LogP contribution in [0.4, 0.5) is 0 Å². The minimum atomic E-state index is -0.235. The van der Waals surface area contributed by atoms with Gasteiger partial charge in [0.1, 0.15) is 5.75 Å². The first-order chi connectivity index (χ1) is 7.99. The van der Waals surface area contributed by atoms with Crippen molar-refractivity contribution in [2.45, 2.75) is 38.8 Å². The van der Waals surface area contributed by atoms with Gasteiger partial charge < -0.3 is 15.2 Å². The number of benzene rings is 1. The lowest BCUT2D eigenvalue weighted by molar-refractivity contribution is -0.00961. The van der Waals surface area contributed by atoms with E-state index in [0.717, 1.165) is 18.5 Å². The van der Waals surface area contributed by atoms with E-state index in [1.165, 1.54) is 0 Å². The van der Waals surface area contributed by atoms with Gasteiger partial charge in [-0.1, -0.05) is 19.1 Å². The quantitative estimate of drug-likeness (QED) is 0.798. The predicted octanol–water partition coefficient (Wildman–Crippen LogP) is 2.34. The zero-order valence-electron chi connectivity index (χ0n) is 11.2. The third kappa shape index (κ3) is 4.02.